The van der Waals surface area contributed by atoms with Gasteiger partial charge in [-0.2, -0.15) is 0 Å². The highest BCUT2D eigenvalue weighted by molar-refractivity contribution is 7.19. The number of para-hydroxylation sites is 2. The van der Waals surface area contributed by atoms with Crippen LogP contribution in [0, 0.1) is 0 Å². The summed E-state index contributed by atoms with van der Waals surface area (Å²) in [5.74, 6) is -0.930. The summed E-state index contributed by atoms with van der Waals surface area (Å²) in [5, 5.41) is 10.9. The van der Waals surface area contributed by atoms with E-state index in [1.54, 1.807) is 35.6 Å². The summed E-state index contributed by atoms with van der Waals surface area (Å²) in [4.78, 5) is 17.8. The van der Waals surface area contributed by atoms with Gasteiger partial charge < -0.3 is 10.0 Å². The average molecular weight is 372 g/mol. The summed E-state index contributed by atoms with van der Waals surface area (Å²) in [7, 11) is 0. The molecule has 0 saturated heterocycles. The quantitative estimate of drug-likeness (QED) is 0.468. The van der Waals surface area contributed by atoms with Crippen LogP contribution in [0.5, 0.6) is 0 Å². The number of aromatic carboxylic acids is 1. The molecule has 0 spiro atoms. The number of hydrogen-bond acceptors (Lipinski definition) is 4. The predicted octanol–water partition coefficient (Wildman–Crippen LogP) is 5.98. The SMILES string of the molecule is O=C(O)c1ccc(-c2ncc(N(c3ccccc3)c3ccccc3)s2)cc1. The van der Waals surface area contributed by atoms with Crippen LogP contribution in [0.2, 0.25) is 0 Å². The van der Waals surface area contributed by atoms with Crippen LogP contribution < -0.4 is 4.90 Å². The van der Waals surface area contributed by atoms with Gasteiger partial charge in [-0.25, -0.2) is 9.78 Å². The first-order valence-corrected chi connectivity index (χ1v) is 9.24. The van der Waals surface area contributed by atoms with Crippen molar-refractivity contribution >= 4 is 33.7 Å². The number of nitrogens with zero attached hydrogens (tertiary/aromatic N) is 2. The topological polar surface area (TPSA) is 53.4 Å². The van der Waals surface area contributed by atoms with Crippen LogP contribution >= 0.6 is 11.3 Å². The Labute approximate surface area is 161 Å². The molecule has 4 rings (SSSR count). The summed E-state index contributed by atoms with van der Waals surface area (Å²) in [5.41, 5.74) is 3.28. The molecule has 1 N–H and O–H groups in total. The van der Waals surface area contributed by atoms with Gasteiger partial charge in [-0.15, -0.1) is 0 Å². The van der Waals surface area contributed by atoms with Gasteiger partial charge in [-0.1, -0.05) is 59.9 Å². The molecule has 0 aliphatic heterocycles. The van der Waals surface area contributed by atoms with Crippen molar-refractivity contribution in [1.29, 1.82) is 0 Å². The van der Waals surface area contributed by atoms with Crippen LogP contribution in [0.3, 0.4) is 0 Å². The molecule has 0 unspecified atom stereocenters. The average Bonchev–Trinajstić information content (AvgIpc) is 3.19. The third kappa shape index (κ3) is 3.59. The van der Waals surface area contributed by atoms with E-state index in [4.69, 9.17) is 5.11 Å². The zero-order valence-corrected chi connectivity index (χ0v) is 15.1. The van der Waals surface area contributed by atoms with E-state index in [1.165, 1.54) is 0 Å². The summed E-state index contributed by atoms with van der Waals surface area (Å²) >= 11 is 1.57. The van der Waals surface area contributed by atoms with E-state index in [2.05, 4.69) is 34.1 Å². The molecular formula is C22H16N2O2S. The van der Waals surface area contributed by atoms with Crippen LogP contribution in [-0.2, 0) is 0 Å². The molecule has 3 aromatic carbocycles. The van der Waals surface area contributed by atoms with Crippen LogP contribution in [0.25, 0.3) is 10.6 Å². The molecule has 0 amide bonds. The number of carboxylic acids is 1. The number of thiazole rings is 1. The number of hydrogen-bond donors (Lipinski definition) is 1. The van der Waals surface area contributed by atoms with Gasteiger partial charge in [0.05, 0.1) is 11.8 Å². The Bertz CT molecular complexity index is 1010. The molecule has 4 aromatic rings. The summed E-state index contributed by atoms with van der Waals surface area (Å²) in [6.07, 6.45) is 1.85. The van der Waals surface area contributed by atoms with Crippen molar-refractivity contribution in [2.75, 3.05) is 4.90 Å². The number of carboxylic acid groups (broad SMARTS) is 1. The normalized spacial score (nSPS) is 10.5. The highest BCUT2D eigenvalue weighted by atomic mass is 32.1. The predicted molar refractivity (Wildman–Crippen MR) is 109 cm³/mol. The lowest BCUT2D eigenvalue weighted by atomic mass is 10.1. The molecule has 5 heteroatoms. The highest BCUT2D eigenvalue weighted by Gasteiger charge is 2.16. The lowest BCUT2D eigenvalue weighted by molar-refractivity contribution is 0.0697. The van der Waals surface area contributed by atoms with Gasteiger partial charge in [0, 0.05) is 16.9 Å². The second kappa shape index (κ2) is 7.43. The van der Waals surface area contributed by atoms with Crippen LogP contribution in [0.4, 0.5) is 16.4 Å². The molecule has 1 heterocycles. The second-order valence-corrected chi connectivity index (χ2v) is 6.90. The van der Waals surface area contributed by atoms with Gasteiger partial charge in [0.1, 0.15) is 10.0 Å². The van der Waals surface area contributed by atoms with Crippen molar-refractivity contribution in [3.8, 4) is 10.6 Å². The minimum atomic E-state index is -0.930. The minimum absolute atomic E-state index is 0.269. The Morgan fingerprint density at radius 2 is 1.37 bits per heavy atom. The lowest BCUT2D eigenvalue weighted by Crippen LogP contribution is -2.07. The van der Waals surface area contributed by atoms with E-state index in [0.717, 1.165) is 26.9 Å². The molecule has 0 bridgehead atoms. The van der Waals surface area contributed by atoms with Crippen molar-refractivity contribution in [3.05, 3.63) is 96.7 Å². The van der Waals surface area contributed by atoms with Gasteiger partial charge >= 0.3 is 5.97 Å². The first-order valence-electron chi connectivity index (χ1n) is 8.42. The maximum atomic E-state index is 11.0. The maximum Gasteiger partial charge on any atom is 0.335 e. The van der Waals surface area contributed by atoms with Gasteiger partial charge in [0.2, 0.25) is 0 Å². The van der Waals surface area contributed by atoms with Crippen molar-refractivity contribution in [2.24, 2.45) is 0 Å². The fourth-order valence-corrected chi connectivity index (χ4v) is 3.78. The van der Waals surface area contributed by atoms with Crippen molar-refractivity contribution in [2.45, 2.75) is 0 Å². The Hall–Kier alpha value is -3.44. The fourth-order valence-electron chi connectivity index (χ4n) is 2.82. The van der Waals surface area contributed by atoms with E-state index < -0.39 is 5.97 Å². The third-order valence-electron chi connectivity index (χ3n) is 4.12. The summed E-state index contributed by atoms with van der Waals surface area (Å²) in [6.45, 7) is 0. The van der Waals surface area contributed by atoms with Crippen molar-refractivity contribution in [1.82, 2.24) is 4.98 Å². The molecule has 132 valence electrons. The number of carbonyl (C=O) groups is 1. The van der Waals surface area contributed by atoms with E-state index in [-0.39, 0.29) is 5.56 Å². The fraction of sp³-hybridized carbons (Fsp3) is 0. The smallest absolute Gasteiger partial charge is 0.335 e. The van der Waals surface area contributed by atoms with E-state index >= 15 is 0 Å². The zero-order chi connectivity index (χ0) is 18.6. The molecule has 0 radical (unpaired) electrons. The Morgan fingerprint density at radius 1 is 0.815 bits per heavy atom. The van der Waals surface area contributed by atoms with Crippen LogP contribution in [0.15, 0.2) is 91.1 Å². The Kier molecular flexibility index (Phi) is 4.68. The van der Waals surface area contributed by atoms with E-state index in [9.17, 15) is 4.79 Å². The van der Waals surface area contributed by atoms with Gasteiger partial charge in [0.15, 0.2) is 0 Å². The standard InChI is InChI=1S/C22H16N2O2S/c25-22(26)17-13-11-16(12-14-17)21-23-15-20(27-21)24(18-7-3-1-4-8-18)19-9-5-2-6-10-19/h1-15H,(H,25,26). The number of rotatable bonds is 5. The Balaban J connectivity index is 1.73. The van der Waals surface area contributed by atoms with Crippen molar-refractivity contribution in [3.63, 3.8) is 0 Å². The summed E-state index contributed by atoms with van der Waals surface area (Å²) < 4.78 is 0. The van der Waals surface area contributed by atoms with Gasteiger partial charge in [0.25, 0.3) is 0 Å². The maximum absolute atomic E-state index is 11.0. The molecular weight excluding hydrogens is 356 g/mol. The molecule has 27 heavy (non-hydrogen) atoms. The van der Waals surface area contributed by atoms with Gasteiger partial charge in [-0.3, -0.25) is 0 Å². The lowest BCUT2D eigenvalue weighted by Gasteiger charge is -2.22. The Morgan fingerprint density at radius 3 is 1.89 bits per heavy atom. The first kappa shape index (κ1) is 17.0. The third-order valence-corrected chi connectivity index (χ3v) is 5.15. The molecule has 4 nitrogen and oxygen atoms in total. The van der Waals surface area contributed by atoms with Crippen LogP contribution in [0.1, 0.15) is 10.4 Å². The summed E-state index contributed by atoms with van der Waals surface area (Å²) in [6, 6.07) is 27.1. The number of benzene rings is 3. The van der Waals surface area contributed by atoms with Crippen LogP contribution in [-0.4, -0.2) is 16.1 Å². The van der Waals surface area contributed by atoms with Crippen molar-refractivity contribution < 1.29 is 9.90 Å². The minimum Gasteiger partial charge on any atom is -0.478 e. The number of aromatic nitrogens is 1. The monoisotopic (exact) mass is 372 g/mol. The van der Waals surface area contributed by atoms with E-state index in [1.807, 2.05) is 42.6 Å². The molecule has 0 aliphatic carbocycles. The molecule has 0 saturated carbocycles. The molecule has 0 aliphatic rings. The zero-order valence-electron chi connectivity index (χ0n) is 14.3. The van der Waals surface area contributed by atoms with E-state index in [0.29, 0.717) is 0 Å². The molecule has 1 aromatic heterocycles. The second-order valence-electron chi connectivity index (χ2n) is 5.89. The molecule has 0 atom stereocenters. The first-order chi connectivity index (χ1) is 13.2. The molecule has 0 fully saturated rings. The number of anilines is 3. The highest BCUT2D eigenvalue weighted by Crippen LogP contribution is 2.39. The van der Waals surface area contributed by atoms with Gasteiger partial charge in [-0.05, 0) is 36.4 Å². The largest absolute Gasteiger partial charge is 0.478 e.